The number of benzene rings is 4. The minimum Gasteiger partial charge on any atom is -0.423 e. The fourth-order valence-corrected chi connectivity index (χ4v) is 6.22. The maximum absolute atomic E-state index is 13.3. The van der Waals surface area contributed by atoms with Crippen LogP contribution in [0.4, 0.5) is 17.1 Å². The molecule has 214 valence electrons. The number of rotatable bonds is 8. The topological polar surface area (TPSA) is 136 Å². The number of ether oxygens (including phenoxy) is 1. The fraction of sp³-hybridized carbons (Fsp3) is 0.161. The van der Waals surface area contributed by atoms with E-state index in [-0.39, 0.29) is 32.8 Å². The van der Waals surface area contributed by atoms with Gasteiger partial charge in [-0.05, 0) is 79.1 Å². The van der Waals surface area contributed by atoms with Crippen molar-refractivity contribution in [1.82, 2.24) is 0 Å². The third-order valence-electron chi connectivity index (χ3n) is 6.91. The Morgan fingerprint density at radius 1 is 0.929 bits per heavy atom. The second-order valence-corrected chi connectivity index (χ2v) is 11.7. The number of sulfone groups is 1. The smallest absolute Gasteiger partial charge is 0.343 e. The molecule has 5 rings (SSSR count). The highest BCUT2D eigenvalue weighted by Crippen LogP contribution is 2.40. The van der Waals surface area contributed by atoms with Crippen LogP contribution in [0.2, 0.25) is 0 Å². The van der Waals surface area contributed by atoms with E-state index in [9.17, 15) is 28.1 Å². The van der Waals surface area contributed by atoms with Crippen molar-refractivity contribution in [3.63, 3.8) is 0 Å². The molecule has 1 N–H and O–H groups in total. The molecule has 1 heterocycles. The third kappa shape index (κ3) is 6.01. The number of nitro benzene ring substituents is 1. The molecule has 1 aliphatic heterocycles. The number of anilines is 2. The average molecular weight is 586 g/mol. The predicted octanol–water partition coefficient (Wildman–Crippen LogP) is 5.56. The van der Waals surface area contributed by atoms with Crippen molar-refractivity contribution in [3.05, 3.63) is 118 Å². The first kappa shape index (κ1) is 28.5. The molecule has 0 atom stereocenters. The predicted molar refractivity (Wildman–Crippen MR) is 157 cm³/mol. The minimum atomic E-state index is -3.83. The molecule has 0 unspecified atom stereocenters. The van der Waals surface area contributed by atoms with Crippen molar-refractivity contribution in [1.29, 1.82) is 0 Å². The second-order valence-electron chi connectivity index (χ2n) is 9.80. The summed E-state index contributed by atoms with van der Waals surface area (Å²) in [5.41, 5.74) is 2.56. The molecule has 42 heavy (non-hydrogen) atoms. The van der Waals surface area contributed by atoms with Gasteiger partial charge in [0.2, 0.25) is 15.7 Å². The lowest BCUT2D eigenvalue weighted by atomic mass is 9.98. The first-order chi connectivity index (χ1) is 20.1. The number of esters is 1. The van der Waals surface area contributed by atoms with Crippen LogP contribution in [0.1, 0.15) is 34.8 Å². The van der Waals surface area contributed by atoms with Crippen LogP contribution in [0, 0.1) is 10.1 Å². The molecule has 0 saturated carbocycles. The van der Waals surface area contributed by atoms with Crippen LogP contribution < -0.4 is 15.0 Å². The number of carbonyl (C=O) groups is 2. The van der Waals surface area contributed by atoms with E-state index < -0.39 is 20.7 Å². The number of nitro groups is 1. The standard InChI is InChI=1S/C31H27N3O7S/c1-21(35)32-28-17-18-29-27(30(28)34(37)38)8-5-19-33(29)20-22-9-13-25(14-10-22)42(39,40)26-15-11-24(12-16-26)41-31(36)23-6-3-2-4-7-23/h2-4,6-7,9-18H,5,8,19-20H2,1H3,(H,32,35). The zero-order valence-corrected chi connectivity index (χ0v) is 23.5. The van der Waals surface area contributed by atoms with Crippen LogP contribution in [0.3, 0.4) is 0 Å². The zero-order valence-electron chi connectivity index (χ0n) is 22.6. The van der Waals surface area contributed by atoms with Gasteiger partial charge in [0.25, 0.3) is 5.69 Å². The summed E-state index contributed by atoms with van der Waals surface area (Å²) >= 11 is 0. The Labute approximate surface area is 242 Å². The van der Waals surface area contributed by atoms with E-state index in [1.165, 1.54) is 43.3 Å². The minimum absolute atomic E-state index is 0.0574. The molecule has 0 saturated heterocycles. The highest BCUT2D eigenvalue weighted by molar-refractivity contribution is 7.91. The largest absolute Gasteiger partial charge is 0.423 e. The summed E-state index contributed by atoms with van der Waals surface area (Å²) in [6, 6.07) is 24.0. The molecular weight excluding hydrogens is 558 g/mol. The van der Waals surface area contributed by atoms with E-state index >= 15 is 0 Å². The summed E-state index contributed by atoms with van der Waals surface area (Å²) in [6.45, 7) is 2.40. The number of carbonyl (C=O) groups excluding carboxylic acids is 2. The normalized spacial score (nSPS) is 12.7. The second kappa shape index (κ2) is 11.8. The Morgan fingerprint density at radius 3 is 2.19 bits per heavy atom. The van der Waals surface area contributed by atoms with Gasteiger partial charge in [-0.3, -0.25) is 14.9 Å². The Morgan fingerprint density at radius 2 is 1.57 bits per heavy atom. The Balaban J connectivity index is 1.31. The quantitative estimate of drug-likeness (QED) is 0.123. The summed E-state index contributed by atoms with van der Waals surface area (Å²) in [4.78, 5) is 37.4. The summed E-state index contributed by atoms with van der Waals surface area (Å²) in [6.07, 6.45) is 1.21. The van der Waals surface area contributed by atoms with Crippen molar-refractivity contribution in [2.75, 3.05) is 16.8 Å². The molecule has 0 fully saturated rings. The Bertz CT molecular complexity index is 1760. The lowest BCUT2D eigenvalue weighted by Gasteiger charge is -2.31. The number of nitrogens with one attached hydrogen (secondary N) is 1. The van der Waals surface area contributed by atoms with E-state index in [1.807, 2.05) is 4.90 Å². The molecule has 1 amide bonds. The fourth-order valence-electron chi connectivity index (χ4n) is 4.96. The van der Waals surface area contributed by atoms with Gasteiger partial charge < -0.3 is 15.0 Å². The van der Waals surface area contributed by atoms with Crippen LogP contribution in [0.15, 0.2) is 101 Å². The van der Waals surface area contributed by atoms with Gasteiger partial charge in [0, 0.05) is 25.7 Å². The van der Waals surface area contributed by atoms with Crippen LogP contribution in [-0.4, -0.2) is 31.8 Å². The van der Waals surface area contributed by atoms with Crippen LogP contribution in [0.25, 0.3) is 0 Å². The van der Waals surface area contributed by atoms with Gasteiger partial charge in [-0.2, -0.15) is 0 Å². The van der Waals surface area contributed by atoms with E-state index in [0.29, 0.717) is 42.7 Å². The summed E-state index contributed by atoms with van der Waals surface area (Å²) in [7, 11) is -3.83. The SMILES string of the molecule is CC(=O)Nc1ccc2c(c1[N+](=O)[O-])CCCN2Cc1ccc(S(=O)(=O)c2ccc(OC(=O)c3ccccc3)cc2)cc1. The zero-order chi connectivity index (χ0) is 29.9. The van der Waals surface area contributed by atoms with Crippen molar-refractivity contribution >= 4 is 38.8 Å². The van der Waals surface area contributed by atoms with Gasteiger partial charge in [0.05, 0.1) is 25.8 Å². The highest BCUT2D eigenvalue weighted by Gasteiger charge is 2.29. The Kier molecular flexibility index (Phi) is 8.03. The first-order valence-corrected chi connectivity index (χ1v) is 14.7. The van der Waals surface area contributed by atoms with Crippen molar-refractivity contribution < 1.29 is 27.7 Å². The van der Waals surface area contributed by atoms with Crippen LogP contribution >= 0.6 is 0 Å². The maximum Gasteiger partial charge on any atom is 0.343 e. The van der Waals surface area contributed by atoms with Crippen LogP contribution in [-0.2, 0) is 27.6 Å². The van der Waals surface area contributed by atoms with Gasteiger partial charge in [0.1, 0.15) is 11.4 Å². The highest BCUT2D eigenvalue weighted by atomic mass is 32.2. The number of hydrogen-bond donors (Lipinski definition) is 1. The molecule has 0 aliphatic carbocycles. The van der Waals surface area contributed by atoms with Crippen LogP contribution in [0.5, 0.6) is 5.75 Å². The van der Waals surface area contributed by atoms with Crippen molar-refractivity contribution in [2.24, 2.45) is 0 Å². The van der Waals surface area contributed by atoms with Gasteiger partial charge in [0.15, 0.2) is 0 Å². The number of hydrogen-bond acceptors (Lipinski definition) is 8. The van der Waals surface area contributed by atoms with Gasteiger partial charge >= 0.3 is 5.97 Å². The first-order valence-electron chi connectivity index (χ1n) is 13.2. The lowest BCUT2D eigenvalue weighted by Crippen LogP contribution is -2.29. The van der Waals surface area contributed by atoms with E-state index in [2.05, 4.69) is 5.32 Å². The molecule has 10 nitrogen and oxygen atoms in total. The monoisotopic (exact) mass is 585 g/mol. The summed E-state index contributed by atoms with van der Waals surface area (Å²) in [5.74, 6) is -0.700. The number of amides is 1. The molecule has 0 spiro atoms. The van der Waals surface area contributed by atoms with E-state index in [0.717, 1.165) is 5.56 Å². The van der Waals surface area contributed by atoms with Gasteiger partial charge in [-0.1, -0.05) is 30.3 Å². The Hall–Kier alpha value is -5.03. The summed E-state index contributed by atoms with van der Waals surface area (Å²) in [5, 5.41) is 14.4. The molecule has 4 aromatic rings. The summed E-state index contributed by atoms with van der Waals surface area (Å²) < 4.78 is 31.8. The van der Waals surface area contributed by atoms with E-state index in [4.69, 9.17) is 4.74 Å². The van der Waals surface area contributed by atoms with Gasteiger partial charge in [-0.15, -0.1) is 0 Å². The van der Waals surface area contributed by atoms with Crippen molar-refractivity contribution in [2.45, 2.75) is 36.1 Å². The van der Waals surface area contributed by atoms with Crippen molar-refractivity contribution in [3.8, 4) is 5.75 Å². The number of nitrogens with zero attached hydrogens (tertiary/aromatic N) is 2. The third-order valence-corrected chi connectivity index (χ3v) is 8.69. The lowest BCUT2D eigenvalue weighted by molar-refractivity contribution is -0.384. The molecule has 0 radical (unpaired) electrons. The number of fused-ring (bicyclic) bond motifs is 1. The molecule has 11 heteroatoms. The average Bonchev–Trinajstić information content (AvgIpc) is 2.97. The molecule has 1 aliphatic rings. The van der Waals surface area contributed by atoms with Gasteiger partial charge in [-0.25, -0.2) is 13.2 Å². The molecular formula is C31H27N3O7S. The maximum atomic E-state index is 13.3. The molecule has 0 bridgehead atoms. The van der Waals surface area contributed by atoms with E-state index in [1.54, 1.807) is 54.6 Å². The molecule has 4 aromatic carbocycles. The molecule has 0 aromatic heterocycles.